The van der Waals surface area contributed by atoms with Crippen molar-refractivity contribution in [2.45, 2.75) is 25.9 Å². The number of benzene rings is 2. The zero-order valence-electron chi connectivity index (χ0n) is 11.9. The standard InChI is InChI=1S/C17H20FNO/c1-13(11-14-7-4-6-10-17(14)20-2)19-12-15-8-3-5-9-16(15)18/h3-10,13,19H,11-12H2,1-2H3. The van der Waals surface area contributed by atoms with Gasteiger partial charge in [-0.05, 0) is 31.0 Å². The largest absolute Gasteiger partial charge is 0.496 e. The van der Waals surface area contributed by atoms with Crippen LogP contribution in [0.1, 0.15) is 18.1 Å². The van der Waals surface area contributed by atoms with Crippen LogP contribution in [-0.4, -0.2) is 13.2 Å². The van der Waals surface area contributed by atoms with Crippen molar-refractivity contribution < 1.29 is 9.13 Å². The Labute approximate surface area is 119 Å². The molecule has 0 aliphatic carbocycles. The molecule has 0 saturated heterocycles. The molecule has 0 radical (unpaired) electrons. The third-order valence-corrected chi connectivity index (χ3v) is 3.32. The first-order chi connectivity index (χ1) is 9.70. The fourth-order valence-corrected chi connectivity index (χ4v) is 2.20. The second-order valence-corrected chi connectivity index (χ2v) is 4.89. The van der Waals surface area contributed by atoms with Crippen molar-refractivity contribution in [3.8, 4) is 5.75 Å². The molecule has 0 aliphatic rings. The molecule has 1 atom stereocenters. The average Bonchev–Trinajstić information content (AvgIpc) is 2.47. The van der Waals surface area contributed by atoms with Crippen LogP contribution in [-0.2, 0) is 13.0 Å². The van der Waals surface area contributed by atoms with Crippen LogP contribution in [0.3, 0.4) is 0 Å². The molecule has 0 bridgehead atoms. The fraction of sp³-hybridized carbons (Fsp3) is 0.294. The molecule has 2 rings (SSSR count). The minimum atomic E-state index is -0.163. The summed E-state index contributed by atoms with van der Waals surface area (Å²) in [5.41, 5.74) is 1.85. The Morgan fingerprint density at radius 2 is 1.70 bits per heavy atom. The molecule has 3 heteroatoms. The predicted octanol–water partition coefficient (Wildman–Crippen LogP) is 3.56. The SMILES string of the molecule is COc1ccccc1CC(C)NCc1ccccc1F. The zero-order valence-corrected chi connectivity index (χ0v) is 11.9. The van der Waals surface area contributed by atoms with Crippen molar-refractivity contribution in [1.82, 2.24) is 5.32 Å². The van der Waals surface area contributed by atoms with Gasteiger partial charge in [-0.1, -0.05) is 36.4 Å². The van der Waals surface area contributed by atoms with Crippen LogP contribution in [0.4, 0.5) is 4.39 Å². The molecule has 20 heavy (non-hydrogen) atoms. The third-order valence-electron chi connectivity index (χ3n) is 3.32. The molecule has 2 aromatic carbocycles. The molecule has 0 spiro atoms. The van der Waals surface area contributed by atoms with Gasteiger partial charge in [-0.15, -0.1) is 0 Å². The Kier molecular flexibility index (Phi) is 5.13. The van der Waals surface area contributed by atoms with E-state index >= 15 is 0 Å². The van der Waals surface area contributed by atoms with Crippen molar-refractivity contribution >= 4 is 0 Å². The molecule has 0 saturated carbocycles. The van der Waals surface area contributed by atoms with E-state index in [0.29, 0.717) is 12.1 Å². The normalized spacial score (nSPS) is 12.2. The first-order valence-corrected chi connectivity index (χ1v) is 6.79. The second-order valence-electron chi connectivity index (χ2n) is 4.89. The van der Waals surface area contributed by atoms with Gasteiger partial charge in [0.2, 0.25) is 0 Å². The second kappa shape index (κ2) is 7.06. The van der Waals surface area contributed by atoms with Crippen molar-refractivity contribution in [3.63, 3.8) is 0 Å². The van der Waals surface area contributed by atoms with Gasteiger partial charge < -0.3 is 10.1 Å². The van der Waals surface area contributed by atoms with Gasteiger partial charge in [0.1, 0.15) is 11.6 Å². The van der Waals surface area contributed by atoms with Crippen LogP contribution in [0.15, 0.2) is 48.5 Å². The predicted molar refractivity (Wildman–Crippen MR) is 79.4 cm³/mol. The number of nitrogens with one attached hydrogen (secondary N) is 1. The van der Waals surface area contributed by atoms with E-state index in [1.807, 2.05) is 24.3 Å². The van der Waals surface area contributed by atoms with Gasteiger partial charge in [0.15, 0.2) is 0 Å². The van der Waals surface area contributed by atoms with Gasteiger partial charge in [0, 0.05) is 18.2 Å². The summed E-state index contributed by atoms with van der Waals surface area (Å²) >= 11 is 0. The first-order valence-electron chi connectivity index (χ1n) is 6.79. The van der Waals surface area contributed by atoms with E-state index in [0.717, 1.165) is 17.7 Å². The molecule has 0 aliphatic heterocycles. The van der Waals surface area contributed by atoms with E-state index in [2.05, 4.69) is 18.3 Å². The molecular weight excluding hydrogens is 253 g/mol. The molecule has 0 amide bonds. The number of hydrogen-bond donors (Lipinski definition) is 1. The molecule has 0 aromatic heterocycles. The van der Waals surface area contributed by atoms with Crippen molar-refractivity contribution in [3.05, 3.63) is 65.5 Å². The number of rotatable bonds is 6. The molecule has 1 N–H and O–H groups in total. The van der Waals surface area contributed by atoms with Gasteiger partial charge >= 0.3 is 0 Å². The molecule has 2 aromatic rings. The highest BCUT2D eigenvalue weighted by molar-refractivity contribution is 5.33. The van der Waals surface area contributed by atoms with Crippen LogP contribution in [0.25, 0.3) is 0 Å². The van der Waals surface area contributed by atoms with Gasteiger partial charge in [0.25, 0.3) is 0 Å². The number of methoxy groups -OCH3 is 1. The number of halogens is 1. The summed E-state index contributed by atoms with van der Waals surface area (Å²) in [6.07, 6.45) is 0.846. The van der Waals surface area contributed by atoms with Gasteiger partial charge in [-0.3, -0.25) is 0 Å². The lowest BCUT2D eigenvalue weighted by Crippen LogP contribution is -2.28. The summed E-state index contributed by atoms with van der Waals surface area (Å²) in [4.78, 5) is 0. The lowest BCUT2D eigenvalue weighted by molar-refractivity contribution is 0.405. The van der Waals surface area contributed by atoms with E-state index in [-0.39, 0.29) is 11.9 Å². The van der Waals surface area contributed by atoms with Crippen LogP contribution in [0.5, 0.6) is 5.75 Å². The first kappa shape index (κ1) is 14.5. The maximum atomic E-state index is 13.5. The van der Waals surface area contributed by atoms with E-state index in [1.54, 1.807) is 19.2 Å². The van der Waals surface area contributed by atoms with Gasteiger partial charge in [-0.2, -0.15) is 0 Å². The van der Waals surface area contributed by atoms with Crippen LogP contribution in [0.2, 0.25) is 0 Å². The van der Waals surface area contributed by atoms with Crippen molar-refractivity contribution in [2.24, 2.45) is 0 Å². The third kappa shape index (κ3) is 3.81. The monoisotopic (exact) mass is 273 g/mol. The number of ether oxygens (including phenoxy) is 1. The summed E-state index contributed by atoms with van der Waals surface area (Å²) < 4.78 is 18.9. The van der Waals surface area contributed by atoms with Crippen LogP contribution in [0, 0.1) is 5.82 Å². The Balaban J connectivity index is 1.93. The fourth-order valence-electron chi connectivity index (χ4n) is 2.20. The smallest absolute Gasteiger partial charge is 0.127 e. The quantitative estimate of drug-likeness (QED) is 0.869. The van der Waals surface area contributed by atoms with Crippen LogP contribution < -0.4 is 10.1 Å². The summed E-state index contributed by atoms with van der Waals surface area (Å²) in [6.45, 7) is 2.62. The molecule has 0 heterocycles. The average molecular weight is 273 g/mol. The highest BCUT2D eigenvalue weighted by atomic mass is 19.1. The summed E-state index contributed by atoms with van der Waals surface area (Å²) in [6, 6.07) is 15.1. The Hall–Kier alpha value is -1.87. The number of para-hydroxylation sites is 1. The molecule has 106 valence electrons. The van der Waals surface area contributed by atoms with E-state index < -0.39 is 0 Å². The van der Waals surface area contributed by atoms with Crippen molar-refractivity contribution in [2.75, 3.05) is 7.11 Å². The Morgan fingerprint density at radius 3 is 2.40 bits per heavy atom. The minimum Gasteiger partial charge on any atom is -0.496 e. The minimum absolute atomic E-state index is 0.163. The lowest BCUT2D eigenvalue weighted by Gasteiger charge is -2.16. The highest BCUT2D eigenvalue weighted by Gasteiger charge is 2.08. The van der Waals surface area contributed by atoms with Gasteiger partial charge in [-0.25, -0.2) is 4.39 Å². The van der Waals surface area contributed by atoms with Crippen molar-refractivity contribution in [1.29, 1.82) is 0 Å². The molecule has 0 fully saturated rings. The Morgan fingerprint density at radius 1 is 1.05 bits per heavy atom. The summed E-state index contributed by atoms with van der Waals surface area (Å²) in [5, 5.41) is 3.34. The lowest BCUT2D eigenvalue weighted by atomic mass is 10.1. The van der Waals surface area contributed by atoms with E-state index in [9.17, 15) is 4.39 Å². The maximum Gasteiger partial charge on any atom is 0.127 e. The highest BCUT2D eigenvalue weighted by Crippen LogP contribution is 2.19. The number of hydrogen-bond acceptors (Lipinski definition) is 2. The molecular formula is C17H20FNO. The molecule has 2 nitrogen and oxygen atoms in total. The summed E-state index contributed by atoms with van der Waals surface area (Å²) in [7, 11) is 1.68. The van der Waals surface area contributed by atoms with Crippen LogP contribution >= 0.6 is 0 Å². The van der Waals surface area contributed by atoms with E-state index in [1.165, 1.54) is 6.07 Å². The maximum absolute atomic E-state index is 13.5. The van der Waals surface area contributed by atoms with Gasteiger partial charge in [0.05, 0.1) is 7.11 Å². The topological polar surface area (TPSA) is 21.3 Å². The summed E-state index contributed by atoms with van der Waals surface area (Å²) in [5.74, 6) is 0.733. The van der Waals surface area contributed by atoms with E-state index in [4.69, 9.17) is 4.74 Å². The zero-order chi connectivity index (χ0) is 14.4. The Bertz CT molecular complexity index is 556. The molecule has 1 unspecified atom stereocenters.